The number of amides is 1. The molecule has 0 aliphatic carbocycles. The highest BCUT2D eigenvalue weighted by Crippen LogP contribution is 2.18. The lowest BCUT2D eigenvalue weighted by molar-refractivity contribution is -0.120. The summed E-state index contributed by atoms with van der Waals surface area (Å²) in [6.07, 6.45) is 3.93. The molecule has 0 spiro atoms. The van der Waals surface area contributed by atoms with Gasteiger partial charge in [-0.15, -0.1) is 11.3 Å². The molecule has 3 heterocycles. The molecule has 0 aliphatic heterocycles. The van der Waals surface area contributed by atoms with E-state index in [1.807, 2.05) is 47.4 Å². The fourth-order valence-electron chi connectivity index (χ4n) is 2.23. The molecular formula is C16H16N4OS. The van der Waals surface area contributed by atoms with Crippen molar-refractivity contribution in [1.29, 1.82) is 0 Å². The molecule has 0 bridgehead atoms. The molecule has 22 heavy (non-hydrogen) atoms. The maximum Gasteiger partial charge on any atom is 0.225 e. The van der Waals surface area contributed by atoms with E-state index in [2.05, 4.69) is 15.4 Å². The largest absolute Gasteiger partial charge is 0.350 e. The van der Waals surface area contributed by atoms with Crippen molar-refractivity contribution in [2.75, 3.05) is 0 Å². The van der Waals surface area contributed by atoms with Crippen LogP contribution in [0.25, 0.3) is 11.3 Å². The minimum Gasteiger partial charge on any atom is -0.350 e. The predicted molar refractivity (Wildman–Crippen MR) is 86.3 cm³/mol. The van der Waals surface area contributed by atoms with E-state index in [0.29, 0.717) is 13.0 Å². The molecule has 112 valence electrons. The molecule has 0 aromatic carbocycles. The van der Waals surface area contributed by atoms with Crippen LogP contribution in [0.3, 0.4) is 0 Å². The monoisotopic (exact) mass is 312 g/mol. The van der Waals surface area contributed by atoms with Crippen LogP contribution < -0.4 is 5.32 Å². The van der Waals surface area contributed by atoms with E-state index in [1.165, 1.54) is 0 Å². The second-order valence-electron chi connectivity index (χ2n) is 4.91. The molecule has 3 aromatic heterocycles. The van der Waals surface area contributed by atoms with Crippen LogP contribution in [0.1, 0.15) is 10.6 Å². The van der Waals surface area contributed by atoms with Gasteiger partial charge < -0.3 is 5.32 Å². The number of nitrogens with one attached hydrogen (secondary N) is 1. The zero-order chi connectivity index (χ0) is 15.4. The molecule has 0 fully saturated rings. The zero-order valence-corrected chi connectivity index (χ0v) is 13.0. The summed E-state index contributed by atoms with van der Waals surface area (Å²) in [4.78, 5) is 17.0. The number of aryl methyl sites for hydroxylation is 1. The van der Waals surface area contributed by atoms with Gasteiger partial charge in [0.15, 0.2) is 0 Å². The van der Waals surface area contributed by atoms with Crippen molar-refractivity contribution in [3.8, 4) is 11.3 Å². The SMILES string of the molecule is Cn1nc(CNC(=O)Cc2cccs2)cc1-c1ccncc1. The van der Waals surface area contributed by atoms with E-state index in [9.17, 15) is 4.79 Å². The van der Waals surface area contributed by atoms with Gasteiger partial charge in [-0.25, -0.2) is 0 Å². The Labute approximate surface area is 132 Å². The van der Waals surface area contributed by atoms with Crippen molar-refractivity contribution < 1.29 is 4.79 Å². The van der Waals surface area contributed by atoms with Crippen LogP contribution in [0.15, 0.2) is 48.1 Å². The van der Waals surface area contributed by atoms with Gasteiger partial charge in [0.25, 0.3) is 0 Å². The van der Waals surface area contributed by atoms with Crippen molar-refractivity contribution in [3.05, 3.63) is 58.7 Å². The highest BCUT2D eigenvalue weighted by Gasteiger charge is 2.09. The van der Waals surface area contributed by atoms with Crippen LogP contribution in [-0.4, -0.2) is 20.7 Å². The molecule has 6 heteroatoms. The maximum atomic E-state index is 11.9. The average molecular weight is 312 g/mol. The lowest BCUT2D eigenvalue weighted by Gasteiger charge is -2.01. The molecule has 3 rings (SSSR count). The second kappa shape index (κ2) is 6.53. The molecule has 0 unspecified atom stereocenters. The molecule has 0 saturated heterocycles. The van der Waals surface area contributed by atoms with E-state index >= 15 is 0 Å². The quantitative estimate of drug-likeness (QED) is 0.787. The van der Waals surface area contributed by atoms with Gasteiger partial charge in [0.1, 0.15) is 0 Å². The van der Waals surface area contributed by atoms with Crippen LogP contribution in [0.4, 0.5) is 0 Å². The van der Waals surface area contributed by atoms with E-state index < -0.39 is 0 Å². The van der Waals surface area contributed by atoms with Crippen molar-refractivity contribution in [2.45, 2.75) is 13.0 Å². The summed E-state index contributed by atoms with van der Waals surface area (Å²) in [5.74, 6) is 0.0126. The molecular weight excluding hydrogens is 296 g/mol. The standard InChI is InChI=1S/C16H16N4OS/c1-20-15(12-4-6-17-7-5-12)9-13(19-20)11-18-16(21)10-14-3-2-8-22-14/h2-9H,10-11H2,1H3,(H,18,21). The Hall–Kier alpha value is -2.47. The van der Waals surface area contributed by atoms with E-state index in [4.69, 9.17) is 0 Å². The first-order valence-corrected chi connectivity index (χ1v) is 7.83. The van der Waals surface area contributed by atoms with E-state index in [-0.39, 0.29) is 5.91 Å². The Morgan fingerprint density at radius 2 is 2.14 bits per heavy atom. The summed E-state index contributed by atoms with van der Waals surface area (Å²) in [6, 6.07) is 9.78. The Kier molecular flexibility index (Phi) is 4.29. The lowest BCUT2D eigenvalue weighted by atomic mass is 10.2. The summed E-state index contributed by atoms with van der Waals surface area (Å²) in [6.45, 7) is 0.434. The molecule has 0 saturated carbocycles. The lowest BCUT2D eigenvalue weighted by Crippen LogP contribution is -2.24. The number of rotatable bonds is 5. The third-order valence-corrected chi connectivity index (χ3v) is 4.16. The van der Waals surface area contributed by atoms with Gasteiger partial charge in [0, 0.05) is 29.9 Å². The highest BCUT2D eigenvalue weighted by molar-refractivity contribution is 7.10. The number of pyridine rings is 1. The van der Waals surface area contributed by atoms with Crippen molar-refractivity contribution in [1.82, 2.24) is 20.1 Å². The number of carbonyl (C=O) groups excluding carboxylic acids is 1. The summed E-state index contributed by atoms with van der Waals surface area (Å²) in [5.41, 5.74) is 2.90. The predicted octanol–water partition coefficient (Wildman–Crippen LogP) is 2.40. The Balaban J connectivity index is 1.63. The molecule has 0 radical (unpaired) electrons. The van der Waals surface area contributed by atoms with Crippen LogP contribution >= 0.6 is 11.3 Å². The summed E-state index contributed by atoms with van der Waals surface area (Å²) < 4.78 is 1.82. The minimum absolute atomic E-state index is 0.0126. The molecule has 1 amide bonds. The Bertz CT molecular complexity index is 750. The third-order valence-electron chi connectivity index (χ3n) is 3.29. The molecule has 5 nitrogen and oxygen atoms in total. The molecule has 0 aliphatic rings. The highest BCUT2D eigenvalue weighted by atomic mass is 32.1. The molecule has 3 aromatic rings. The van der Waals surface area contributed by atoms with Gasteiger partial charge in [-0.3, -0.25) is 14.5 Å². The van der Waals surface area contributed by atoms with Gasteiger partial charge >= 0.3 is 0 Å². The first-order chi connectivity index (χ1) is 10.7. The maximum absolute atomic E-state index is 11.9. The van der Waals surface area contributed by atoms with Gasteiger partial charge in [-0.1, -0.05) is 6.07 Å². The second-order valence-corrected chi connectivity index (χ2v) is 5.95. The van der Waals surface area contributed by atoms with Crippen molar-refractivity contribution in [3.63, 3.8) is 0 Å². The first kappa shape index (κ1) is 14.5. The van der Waals surface area contributed by atoms with Gasteiger partial charge in [-0.05, 0) is 29.6 Å². The number of nitrogens with zero attached hydrogens (tertiary/aromatic N) is 3. The van der Waals surface area contributed by atoms with Crippen LogP contribution in [0.2, 0.25) is 0 Å². The fraction of sp³-hybridized carbons (Fsp3) is 0.188. The van der Waals surface area contributed by atoms with Gasteiger partial charge in [0.2, 0.25) is 5.91 Å². The zero-order valence-electron chi connectivity index (χ0n) is 12.2. The number of thiophene rings is 1. The van der Waals surface area contributed by atoms with Crippen molar-refractivity contribution >= 4 is 17.2 Å². The number of aromatic nitrogens is 3. The van der Waals surface area contributed by atoms with E-state index in [1.54, 1.807) is 23.7 Å². The Morgan fingerprint density at radius 3 is 2.86 bits per heavy atom. The number of carbonyl (C=O) groups is 1. The van der Waals surface area contributed by atoms with Gasteiger partial charge in [-0.2, -0.15) is 5.10 Å². The van der Waals surface area contributed by atoms with E-state index in [0.717, 1.165) is 21.8 Å². The molecule has 1 N–H and O–H groups in total. The fourth-order valence-corrected chi connectivity index (χ4v) is 2.93. The first-order valence-electron chi connectivity index (χ1n) is 6.95. The summed E-state index contributed by atoms with van der Waals surface area (Å²) in [5, 5.41) is 9.32. The third kappa shape index (κ3) is 3.40. The normalized spacial score (nSPS) is 10.6. The van der Waals surface area contributed by atoms with Crippen LogP contribution in [0, 0.1) is 0 Å². The smallest absolute Gasteiger partial charge is 0.225 e. The molecule has 0 atom stereocenters. The topological polar surface area (TPSA) is 59.8 Å². The average Bonchev–Trinajstić information content (AvgIpc) is 3.16. The summed E-state index contributed by atoms with van der Waals surface area (Å²) in [7, 11) is 1.90. The van der Waals surface area contributed by atoms with Crippen LogP contribution in [-0.2, 0) is 24.8 Å². The minimum atomic E-state index is 0.0126. The summed E-state index contributed by atoms with van der Waals surface area (Å²) >= 11 is 1.59. The number of hydrogen-bond donors (Lipinski definition) is 1. The number of hydrogen-bond acceptors (Lipinski definition) is 4. The van der Waals surface area contributed by atoms with Crippen LogP contribution in [0.5, 0.6) is 0 Å². The van der Waals surface area contributed by atoms with Gasteiger partial charge in [0.05, 0.1) is 24.4 Å². The Morgan fingerprint density at radius 1 is 1.32 bits per heavy atom. The van der Waals surface area contributed by atoms with Crippen molar-refractivity contribution in [2.24, 2.45) is 7.05 Å².